The van der Waals surface area contributed by atoms with E-state index >= 15 is 0 Å². The van der Waals surface area contributed by atoms with Gasteiger partial charge in [0.05, 0.1) is 27.8 Å². The molecule has 0 spiro atoms. The maximum absolute atomic E-state index is 13.1. The van der Waals surface area contributed by atoms with Crippen molar-refractivity contribution in [1.29, 1.82) is 0 Å². The first kappa shape index (κ1) is 15.9. The minimum Gasteiger partial charge on any atom is -0.391 e. The summed E-state index contributed by atoms with van der Waals surface area (Å²) in [7, 11) is 1.34. The Balaban J connectivity index is 2.98. The Morgan fingerprint density at radius 2 is 2.04 bits per heavy atom. The highest BCUT2D eigenvalue weighted by atomic mass is 32.1. The van der Waals surface area contributed by atoms with Crippen LogP contribution in [0.25, 0.3) is 10.2 Å². The molecule has 0 amide bonds. The third kappa shape index (κ3) is 3.01. The molecule has 2 aromatic rings. The van der Waals surface area contributed by atoms with Gasteiger partial charge in [-0.1, -0.05) is 0 Å². The number of rotatable bonds is 5. The van der Waals surface area contributed by atoms with Gasteiger partial charge < -0.3 is 9.84 Å². The van der Waals surface area contributed by atoms with Crippen molar-refractivity contribution in [2.75, 3.05) is 13.7 Å². The number of alkyl halides is 3. The minimum atomic E-state index is -4.83. The van der Waals surface area contributed by atoms with Gasteiger partial charge in [0.2, 0.25) is 0 Å². The van der Waals surface area contributed by atoms with Gasteiger partial charge >= 0.3 is 11.9 Å². The van der Waals surface area contributed by atoms with Crippen molar-refractivity contribution in [2.45, 2.75) is 39.2 Å². The van der Waals surface area contributed by atoms with E-state index in [0.29, 0.717) is 18.3 Å². The van der Waals surface area contributed by atoms with E-state index in [0.717, 1.165) is 4.57 Å². The Morgan fingerprint density at radius 1 is 1.42 bits per heavy atom. The highest BCUT2D eigenvalue weighted by Crippen LogP contribution is 2.31. The van der Waals surface area contributed by atoms with Crippen LogP contribution in [0.1, 0.15) is 26.1 Å². The summed E-state index contributed by atoms with van der Waals surface area (Å²) in [6.07, 6.45) is -4.83. The number of hydrogen-bond donors (Lipinski definition) is 1. The van der Waals surface area contributed by atoms with Crippen LogP contribution in [0, 0.1) is 6.92 Å². The molecular formula is C14H17F3N2O4S. The number of methoxy groups -OCH3 is 1. The van der Waals surface area contributed by atoms with E-state index < -0.39 is 30.0 Å². The second-order valence-electron chi connectivity index (χ2n) is 5.17. The lowest BCUT2D eigenvalue weighted by Gasteiger charge is -2.19. The van der Waals surface area contributed by atoms with Crippen LogP contribution in [0.4, 0.5) is 13.2 Å². The molecule has 6 nitrogen and oxygen atoms in total. The molecular weight excluding hydrogens is 349 g/mol. The molecule has 0 aliphatic heterocycles. The summed E-state index contributed by atoms with van der Waals surface area (Å²) < 4.78 is 60.2. The molecule has 10 heteroatoms. The zero-order valence-corrected chi connectivity index (χ0v) is 13.9. The smallest absolute Gasteiger partial charge is 0.391 e. The zero-order valence-electron chi connectivity index (χ0n) is 15.1. The molecule has 134 valence electrons. The van der Waals surface area contributed by atoms with Crippen molar-refractivity contribution in [1.82, 2.24) is 9.13 Å². The maximum atomic E-state index is 13.1. The molecule has 0 saturated heterocycles. The van der Waals surface area contributed by atoms with Crippen LogP contribution < -0.4 is 11.2 Å². The Labute approximate surface area is 141 Å². The van der Waals surface area contributed by atoms with Crippen molar-refractivity contribution in [3.05, 3.63) is 31.3 Å². The van der Waals surface area contributed by atoms with E-state index in [1.807, 2.05) is 0 Å². The molecule has 1 atom stereocenters. The summed E-state index contributed by atoms with van der Waals surface area (Å²) in [4.78, 5) is 25.0. The van der Waals surface area contributed by atoms with Gasteiger partial charge in [-0.25, -0.2) is 9.36 Å². The van der Waals surface area contributed by atoms with Gasteiger partial charge in [-0.05, 0) is 19.4 Å². The van der Waals surface area contributed by atoms with Crippen LogP contribution in [-0.4, -0.2) is 34.1 Å². The Morgan fingerprint density at radius 3 is 2.54 bits per heavy atom. The Hall–Kier alpha value is -1.65. The number of aromatic nitrogens is 2. The topological polar surface area (TPSA) is 73.5 Å². The number of aliphatic hydroxyl groups is 1. The molecule has 1 N–H and O–H groups in total. The first-order chi connectivity index (χ1) is 11.8. The van der Waals surface area contributed by atoms with Gasteiger partial charge in [0, 0.05) is 12.0 Å². The maximum Gasteiger partial charge on any atom is 0.409 e. The second-order valence-corrected chi connectivity index (χ2v) is 6.17. The third-order valence-corrected chi connectivity index (χ3v) is 4.94. The lowest BCUT2D eigenvalue weighted by atomic mass is 10.2. The first-order valence-electron chi connectivity index (χ1n) is 7.89. The van der Waals surface area contributed by atoms with Crippen LogP contribution >= 0.6 is 11.3 Å². The number of halogens is 3. The van der Waals surface area contributed by atoms with Crippen LogP contribution in [-0.2, 0) is 17.8 Å². The van der Waals surface area contributed by atoms with Crippen molar-refractivity contribution in [3.63, 3.8) is 0 Å². The average Bonchev–Trinajstić information content (AvgIpc) is 2.84. The van der Waals surface area contributed by atoms with Crippen molar-refractivity contribution in [3.8, 4) is 0 Å². The van der Waals surface area contributed by atoms with Crippen LogP contribution in [0.5, 0.6) is 0 Å². The fraction of sp³-hybridized carbons (Fsp3) is 0.571. The lowest BCUT2D eigenvalue weighted by molar-refractivity contribution is -0.164. The van der Waals surface area contributed by atoms with Gasteiger partial charge in [0.1, 0.15) is 10.9 Å². The van der Waals surface area contributed by atoms with E-state index in [9.17, 15) is 27.9 Å². The summed E-state index contributed by atoms with van der Waals surface area (Å²) in [5.74, 6) is 0. The number of fused-ring (bicyclic) bond motifs is 1. The second kappa shape index (κ2) is 6.69. The Kier molecular flexibility index (Phi) is 4.42. The molecule has 0 aromatic carbocycles. The third-order valence-electron chi connectivity index (χ3n) is 3.72. The number of ether oxygens (including phenoxy) is 1. The molecule has 0 radical (unpaired) electrons. The molecule has 2 heterocycles. The van der Waals surface area contributed by atoms with E-state index in [4.69, 9.17) is 7.48 Å². The first-order valence-corrected chi connectivity index (χ1v) is 7.71. The molecule has 0 bridgehead atoms. The largest absolute Gasteiger partial charge is 0.409 e. The molecule has 0 aliphatic rings. The number of thiophene rings is 1. The predicted octanol–water partition coefficient (Wildman–Crippen LogP) is 1.80. The summed E-state index contributed by atoms with van der Waals surface area (Å²) in [6, 6.07) is -2.37. The van der Waals surface area contributed by atoms with Crippen LogP contribution in [0.15, 0.2) is 9.59 Å². The molecule has 24 heavy (non-hydrogen) atoms. The summed E-state index contributed by atoms with van der Waals surface area (Å²) >= 11 is 0.652. The van der Waals surface area contributed by atoms with Crippen molar-refractivity contribution in [2.24, 2.45) is 0 Å². The summed E-state index contributed by atoms with van der Waals surface area (Å²) in [6.45, 7) is -0.931. The average molecular weight is 368 g/mol. The predicted molar refractivity (Wildman–Crippen MR) is 83.6 cm³/mol. The van der Waals surface area contributed by atoms with E-state index in [2.05, 4.69) is 0 Å². The normalized spacial score (nSPS) is 15.5. The zero-order chi connectivity index (χ0) is 20.0. The molecule has 0 unspecified atom stereocenters. The van der Waals surface area contributed by atoms with Gasteiger partial charge in [0.15, 0.2) is 0 Å². The number of hydrogen-bond acceptors (Lipinski definition) is 5. The fourth-order valence-corrected chi connectivity index (χ4v) is 3.45. The van der Waals surface area contributed by atoms with E-state index in [1.54, 1.807) is 0 Å². The van der Waals surface area contributed by atoms with E-state index in [-0.39, 0.29) is 38.4 Å². The molecule has 0 aliphatic carbocycles. The standard InChI is InChI=1S/C14H17F3N2O4S/c1-7-9(6-20)24-12-10(7)11(21)19(8(2)14(15,16)17)13(22)18(12)4-5-23-3/h8,20H,4-6H2,1-3H3/t8-/m1/s1/i6D2. The van der Waals surface area contributed by atoms with Crippen molar-refractivity contribution < 1.29 is 25.8 Å². The van der Waals surface area contributed by atoms with Crippen LogP contribution in [0.3, 0.4) is 0 Å². The highest BCUT2D eigenvalue weighted by molar-refractivity contribution is 7.18. The van der Waals surface area contributed by atoms with E-state index in [1.165, 1.54) is 14.0 Å². The monoisotopic (exact) mass is 368 g/mol. The molecule has 2 rings (SSSR count). The molecule has 0 saturated carbocycles. The minimum absolute atomic E-state index is 0.00297. The fourth-order valence-electron chi connectivity index (χ4n) is 2.34. The van der Waals surface area contributed by atoms with Crippen LogP contribution in [0.2, 0.25) is 0 Å². The SMILES string of the molecule is [2H]C([2H])(O)c1sc2c(c1C)c(=O)n([C@H](C)C(F)(F)F)c(=O)n2CCOC. The van der Waals surface area contributed by atoms with Gasteiger partial charge in [-0.2, -0.15) is 13.2 Å². The molecule has 2 aromatic heterocycles. The number of nitrogens with zero attached hydrogens (tertiary/aromatic N) is 2. The number of aryl methyl sites for hydroxylation is 1. The van der Waals surface area contributed by atoms with Gasteiger partial charge in [-0.15, -0.1) is 11.3 Å². The quantitative estimate of drug-likeness (QED) is 0.873. The Bertz CT molecular complexity index is 943. The van der Waals surface area contributed by atoms with Gasteiger partial charge in [0.25, 0.3) is 5.56 Å². The lowest BCUT2D eigenvalue weighted by Crippen LogP contribution is -2.45. The summed E-state index contributed by atoms with van der Waals surface area (Å²) in [5, 5.41) is 9.42. The van der Waals surface area contributed by atoms with Crippen molar-refractivity contribution >= 4 is 21.6 Å². The summed E-state index contributed by atoms with van der Waals surface area (Å²) in [5.41, 5.74) is -2.35. The molecule has 0 fully saturated rings. The van der Waals surface area contributed by atoms with Gasteiger partial charge in [-0.3, -0.25) is 9.36 Å². The highest BCUT2D eigenvalue weighted by Gasteiger charge is 2.40.